The minimum Gasteiger partial charge on any atom is -0.381 e. The van der Waals surface area contributed by atoms with E-state index < -0.39 is 0 Å². The summed E-state index contributed by atoms with van der Waals surface area (Å²) in [7, 11) is 0. The van der Waals surface area contributed by atoms with E-state index in [0.717, 1.165) is 32.2 Å². The Kier molecular flexibility index (Phi) is 6.02. The first-order valence-electron chi connectivity index (χ1n) is 9.04. The van der Waals surface area contributed by atoms with Gasteiger partial charge in [0.1, 0.15) is 5.82 Å². The van der Waals surface area contributed by atoms with Gasteiger partial charge in [-0.05, 0) is 55.9 Å². The zero-order valence-electron chi connectivity index (χ0n) is 14.4. The topological polar surface area (TPSA) is 58.6 Å². The fraction of sp³-hybridized carbons (Fsp3) is 0.579. The smallest absolute Gasteiger partial charge is 0.251 e. The van der Waals surface area contributed by atoms with E-state index in [9.17, 15) is 14.0 Å². The lowest BCUT2D eigenvalue weighted by atomic mass is 9.93. The molecule has 1 aromatic carbocycles. The maximum Gasteiger partial charge on any atom is 0.251 e. The van der Waals surface area contributed by atoms with Crippen LogP contribution in [-0.2, 0) is 9.53 Å². The van der Waals surface area contributed by atoms with Gasteiger partial charge in [-0.15, -0.1) is 0 Å². The van der Waals surface area contributed by atoms with Gasteiger partial charge in [-0.2, -0.15) is 0 Å². The molecular weight excluding hydrogens is 323 g/mol. The van der Waals surface area contributed by atoms with Crippen molar-refractivity contribution in [1.29, 1.82) is 0 Å². The predicted octanol–water partition coefficient (Wildman–Crippen LogP) is 2.22. The van der Waals surface area contributed by atoms with Gasteiger partial charge in [-0.25, -0.2) is 4.39 Å². The Bertz CT molecular complexity index is 599. The number of amides is 2. The lowest BCUT2D eigenvalue weighted by Gasteiger charge is -2.36. The summed E-state index contributed by atoms with van der Waals surface area (Å²) in [5.41, 5.74) is 0.451. The molecule has 0 spiro atoms. The third-order valence-electron chi connectivity index (χ3n) is 5.06. The number of rotatable bonds is 4. The van der Waals surface area contributed by atoms with Gasteiger partial charge in [0.25, 0.3) is 5.91 Å². The highest BCUT2D eigenvalue weighted by molar-refractivity contribution is 5.94. The number of ether oxygens (including phenoxy) is 1. The Balaban J connectivity index is 1.48. The molecule has 0 saturated carbocycles. The van der Waals surface area contributed by atoms with Crippen molar-refractivity contribution in [3.05, 3.63) is 35.6 Å². The minimum atomic E-state index is -0.355. The molecule has 1 N–H and O–H groups in total. The fourth-order valence-electron chi connectivity index (χ4n) is 3.57. The zero-order chi connectivity index (χ0) is 17.6. The molecule has 2 fully saturated rings. The van der Waals surface area contributed by atoms with Crippen LogP contribution in [0.4, 0.5) is 4.39 Å². The number of nitrogens with one attached hydrogen (secondary N) is 1. The number of piperidine rings is 1. The molecule has 2 aliphatic rings. The fourth-order valence-corrected chi connectivity index (χ4v) is 3.57. The number of halogens is 1. The molecular formula is C19H25FN2O3. The van der Waals surface area contributed by atoms with Crippen LogP contribution in [0.1, 0.15) is 36.0 Å². The van der Waals surface area contributed by atoms with Crippen molar-refractivity contribution < 1.29 is 18.7 Å². The van der Waals surface area contributed by atoms with Crippen LogP contribution in [0.3, 0.4) is 0 Å². The number of hydrogen-bond acceptors (Lipinski definition) is 3. The molecule has 6 heteroatoms. The maximum absolute atomic E-state index is 12.9. The highest BCUT2D eigenvalue weighted by atomic mass is 19.1. The summed E-state index contributed by atoms with van der Waals surface area (Å²) in [5, 5.41) is 2.91. The lowest BCUT2D eigenvalue weighted by Crippen LogP contribution is -2.46. The molecule has 0 bridgehead atoms. The van der Waals surface area contributed by atoms with E-state index in [2.05, 4.69) is 5.32 Å². The summed E-state index contributed by atoms with van der Waals surface area (Å²) in [6, 6.07) is 5.52. The van der Waals surface area contributed by atoms with Gasteiger partial charge >= 0.3 is 0 Å². The van der Waals surface area contributed by atoms with E-state index in [4.69, 9.17) is 4.74 Å². The van der Waals surface area contributed by atoms with Crippen LogP contribution in [0.5, 0.6) is 0 Å². The standard InChI is InChI=1S/C19H25FN2O3/c20-17-5-3-15(4-6-17)18(23)21-12-14-2-1-9-22(13-14)19(24)16-7-10-25-11-8-16/h3-6,14,16H,1-2,7-13H2,(H,21,23). The molecule has 0 aliphatic carbocycles. The quantitative estimate of drug-likeness (QED) is 0.908. The number of nitrogens with zero attached hydrogens (tertiary/aromatic N) is 1. The van der Waals surface area contributed by atoms with Gasteiger partial charge in [0, 0.05) is 44.3 Å². The average Bonchev–Trinajstić information content (AvgIpc) is 2.67. The second kappa shape index (κ2) is 8.43. The summed E-state index contributed by atoms with van der Waals surface area (Å²) in [6.07, 6.45) is 3.58. The predicted molar refractivity (Wildman–Crippen MR) is 91.6 cm³/mol. The normalized spacial score (nSPS) is 21.8. The van der Waals surface area contributed by atoms with Gasteiger partial charge in [0.15, 0.2) is 0 Å². The Labute approximate surface area is 147 Å². The summed E-state index contributed by atoms with van der Waals surface area (Å²) in [5.74, 6) is 0.0279. The molecule has 1 aromatic rings. The van der Waals surface area contributed by atoms with Gasteiger partial charge in [0.2, 0.25) is 5.91 Å². The van der Waals surface area contributed by atoms with E-state index in [1.54, 1.807) is 0 Å². The van der Waals surface area contributed by atoms with Crippen molar-refractivity contribution in [2.24, 2.45) is 11.8 Å². The van der Waals surface area contributed by atoms with Crippen LogP contribution in [0.2, 0.25) is 0 Å². The van der Waals surface area contributed by atoms with Gasteiger partial charge < -0.3 is 15.0 Å². The van der Waals surface area contributed by atoms with E-state index in [1.165, 1.54) is 24.3 Å². The Morgan fingerprint density at radius 1 is 1.16 bits per heavy atom. The summed E-state index contributed by atoms with van der Waals surface area (Å²) in [4.78, 5) is 26.7. The molecule has 1 unspecified atom stereocenters. The number of benzene rings is 1. The average molecular weight is 348 g/mol. The molecule has 3 rings (SSSR count). The number of carbonyl (C=O) groups excluding carboxylic acids is 2. The van der Waals surface area contributed by atoms with Crippen LogP contribution >= 0.6 is 0 Å². The van der Waals surface area contributed by atoms with E-state index in [-0.39, 0.29) is 29.5 Å². The molecule has 0 aromatic heterocycles. The van der Waals surface area contributed by atoms with Gasteiger partial charge in [-0.3, -0.25) is 9.59 Å². The SMILES string of the molecule is O=C(NCC1CCCN(C(=O)C2CCOCC2)C1)c1ccc(F)cc1. The van der Waals surface area contributed by atoms with Crippen molar-refractivity contribution in [2.45, 2.75) is 25.7 Å². The van der Waals surface area contributed by atoms with Crippen LogP contribution < -0.4 is 5.32 Å². The minimum absolute atomic E-state index is 0.0845. The number of hydrogen-bond donors (Lipinski definition) is 1. The summed E-state index contributed by atoms with van der Waals surface area (Å²) < 4.78 is 18.3. The van der Waals surface area contributed by atoms with Crippen molar-refractivity contribution in [3.63, 3.8) is 0 Å². The third-order valence-corrected chi connectivity index (χ3v) is 5.06. The van der Waals surface area contributed by atoms with Gasteiger partial charge in [0.05, 0.1) is 0 Å². The highest BCUT2D eigenvalue weighted by Crippen LogP contribution is 2.22. The first-order valence-corrected chi connectivity index (χ1v) is 9.04. The number of likely N-dealkylation sites (tertiary alicyclic amines) is 1. The first-order chi connectivity index (χ1) is 12.1. The maximum atomic E-state index is 12.9. The zero-order valence-corrected chi connectivity index (χ0v) is 14.4. The molecule has 2 aliphatic heterocycles. The number of carbonyl (C=O) groups is 2. The molecule has 5 nitrogen and oxygen atoms in total. The highest BCUT2D eigenvalue weighted by Gasteiger charge is 2.30. The third kappa shape index (κ3) is 4.78. The van der Waals surface area contributed by atoms with E-state index in [0.29, 0.717) is 31.9 Å². The molecule has 25 heavy (non-hydrogen) atoms. The second-order valence-corrected chi connectivity index (χ2v) is 6.90. The molecule has 2 heterocycles. The van der Waals surface area contributed by atoms with Crippen molar-refractivity contribution in [1.82, 2.24) is 10.2 Å². The second-order valence-electron chi connectivity index (χ2n) is 6.90. The van der Waals surface area contributed by atoms with E-state index in [1.807, 2.05) is 4.90 Å². The van der Waals surface area contributed by atoms with Crippen LogP contribution in [-0.4, -0.2) is 49.6 Å². The largest absolute Gasteiger partial charge is 0.381 e. The summed E-state index contributed by atoms with van der Waals surface area (Å²) >= 11 is 0. The van der Waals surface area contributed by atoms with Crippen LogP contribution in [0.15, 0.2) is 24.3 Å². The van der Waals surface area contributed by atoms with Gasteiger partial charge in [-0.1, -0.05) is 0 Å². The molecule has 136 valence electrons. The molecule has 1 atom stereocenters. The van der Waals surface area contributed by atoms with Crippen molar-refractivity contribution in [3.8, 4) is 0 Å². The van der Waals surface area contributed by atoms with Crippen molar-refractivity contribution in [2.75, 3.05) is 32.8 Å². The van der Waals surface area contributed by atoms with E-state index >= 15 is 0 Å². The Morgan fingerprint density at radius 3 is 2.60 bits per heavy atom. The lowest BCUT2D eigenvalue weighted by molar-refractivity contribution is -0.140. The van der Waals surface area contributed by atoms with Crippen LogP contribution in [0.25, 0.3) is 0 Å². The van der Waals surface area contributed by atoms with Crippen LogP contribution in [0, 0.1) is 17.7 Å². The first kappa shape index (κ1) is 17.9. The molecule has 2 amide bonds. The Morgan fingerprint density at radius 2 is 1.88 bits per heavy atom. The molecule has 0 radical (unpaired) electrons. The monoisotopic (exact) mass is 348 g/mol. The summed E-state index contributed by atoms with van der Waals surface area (Å²) in [6.45, 7) is 3.37. The van der Waals surface area contributed by atoms with Crippen molar-refractivity contribution >= 4 is 11.8 Å². The Hall–Kier alpha value is -1.95. The molecule has 2 saturated heterocycles.